The van der Waals surface area contributed by atoms with E-state index < -0.39 is 10.1 Å². The van der Waals surface area contributed by atoms with Gasteiger partial charge in [0.25, 0.3) is 10.1 Å². The van der Waals surface area contributed by atoms with E-state index in [9.17, 15) is 13.0 Å². The fraction of sp³-hybridized carbons (Fsp3) is 0.824. The summed E-state index contributed by atoms with van der Waals surface area (Å²) >= 11 is 0. The first-order valence-electron chi connectivity index (χ1n) is 16.5. The fourth-order valence-electron chi connectivity index (χ4n) is 5.78. The molecule has 0 bridgehead atoms. The van der Waals surface area contributed by atoms with Crippen molar-refractivity contribution in [3.05, 3.63) is 29.8 Å². The molecule has 1 unspecified atom stereocenters. The van der Waals surface area contributed by atoms with Gasteiger partial charge in [0.2, 0.25) is 0 Å². The molecule has 1 atom stereocenters. The molecule has 1 aromatic carbocycles. The molecule has 0 saturated heterocycles. The summed E-state index contributed by atoms with van der Waals surface area (Å²) in [6, 6.07) is 7.02. The van der Waals surface area contributed by atoms with E-state index in [2.05, 4.69) is 13.8 Å². The van der Waals surface area contributed by atoms with Crippen molar-refractivity contribution in [2.75, 3.05) is 0 Å². The summed E-state index contributed by atoms with van der Waals surface area (Å²) in [4.78, 5) is 0.0990. The maximum atomic E-state index is 11.9. The topological polar surface area (TPSA) is 54.4 Å². The minimum absolute atomic E-state index is 0.0990. The Labute approximate surface area is 237 Å². The molecule has 222 valence electrons. The second-order valence-electron chi connectivity index (χ2n) is 11.8. The summed E-state index contributed by atoms with van der Waals surface area (Å²) in [6.45, 7) is 4.54. The van der Waals surface area contributed by atoms with Crippen LogP contribution in [0.4, 0.5) is 0 Å². The predicted octanol–water partition coefficient (Wildman–Crippen LogP) is 11.5. The molecule has 4 heteroatoms. The highest BCUT2D eigenvalue weighted by Crippen LogP contribution is 2.26. The molecule has 1 N–H and O–H groups in total. The van der Waals surface area contributed by atoms with E-state index in [1.165, 1.54) is 141 Å². The van der Waals surface area contributed by atoms with Crippen molar-refractivity contribution >= 4 is 10.1 Å². The van der Waals surface area contributed by atoms with Gasteiger partial charge in [0.05, 0.1) is 4.90 Å². The zero-order valence-electron chi connectivity index (χ0n) is 25.2. The Kier molecular flexibility index (Phi) is 22.2. The molecular formula is C34H62O3S. The van der Waals surface area contributed by atoms with Gasteiger partial charge in [-0.1, -0.05) is 186 Å². The van der Waals surface area contributed by atoms with E-state index >= 15 is 0 Å². The molecule has 3 nitrogen and oxygen atoms in total. The van der Waals surface area contributed by atoms with Crippen molar-refractivity contribution in [2.45, 2.75) is 179 Å². The summed E-state index contributed by atoms with van der Waals surface area (Å²) < 4.78 is 33.5. The molecule has 1 rings (SSSR count). The van der Waals surface area contributed by atoms with Crippen molar-refractivity contribution in [1.82, 2.24) is 0 Å². The van der Waals surface area contributed by atoms with Gasteiger partial charge in [0, 0.05) is 0 Å². The molecule has 0 saturated carbocycles. The minimum atomic E-state index is -4.17. The van der Waals surface area contributed by atoms with Crippen molar-refractivity contribution in [2.24, 2.45) is 5.92 Å². The Hall–Kier alpha value is -0.870. The quantitative estimate of drug-likeness (QED) is 0.0875. The Morgan fingerprint density at radius 3 is 1.26 bits per heavy atom. The van der Waals surface area contributed by atoms with Gasteiger partial charge in [-0.05, 0) is 24.0 Å². The first kappa shape index (κ1) is 35.2. The lowest BCUT2D eigenvalue weighted by molar-refractivity contribution is 0.397. The molecule has 0 radical (unpaired) electrons. The van der Waals surface area contributed by atoms with Crippen LogP contribution in [-0.4, -0.2) is 13.0 Å². The molecule has 0 amide bonds. The normalized spacial score (nSPS) is 12.7. The molecular weight excluding hydrogens is 488 g/mol. The number of hydrogen-bond acceptors (Lipinski definition) is 2. The van der Waals surface area contributed by atoms with Gasteiger partial charge < -0.3 is 0 Å². The Bertz CT molecular complexity index is 759. The highest BCUT2D eigenvalue weighted by atomic mass is 32.2. The van der Waals surface area contributed by atoms with Crippen molar-refractivity contribution in [3.8, 4) is 0 Å². The zero-order chi connectivity index (χ0) is 27.7. The van der Waals surface area contributed by atoms with Crippen LogP contribution in [0.15, 0.2) is 29.2 Å². The summed E-state index contributed by atoms with van der Waals surface area (Å²) in [6.07, 6.45) is 32.8. The van der Waals surface area contributed by atoms with Gasteiger partial charge in [0.15, 0.2) is 0 Å². The highest BCUT2D eigenvalue weighted by Gasteiger charge is 2.18. The van der Waals surface area contributed by atoms with Gasteiger partial charge >= 0.3 is 0 Å². The van der Waals surface area contributed by atoms with E-state index in [1.54, 1.807) is 12.1 Å². The predicted molar refractivity (Wildman–Crippen MR) is 166 cm³/mol. The number of rotatable bonds is 27. The maximum absolute atomic E-state index is 11.9. The summed E-state index contributed by atoms with van der Waals surface area (Å²) in [7, 11) is -4.17. The summed E-state index contributed by atoms with van der Waals surface area (Å²) in [5.74, 6) is 0.496. The smallest absolute Gasteiger partial charge is 0.282 e. The lowest BCUT2D eigenvalue weighted by Gasteiger charge is -2.18. The second-order valence-corrected chi connectivity index (χ2v) is 13.2. The minimum Gasteiger partial charge on any atom is -0.282 e. The molecule has 0 aromatic heterocycles. The van der Waals surface area contributed by atoms with E-state index in [1.807, 2.05) is 12.1 Å². The first-order chi connectivity index (χ1) is 18.5. The van der Waals surface area contributed by atoms with E-state index in [-0.39, 0.29) is 4.90 Å². The van der Waals surface area contributed by atoms with Crippen LogP contribution in [-0.2, 0) is 16.5 Å². The Morgan fingerprint density at radius 1 is 0.553 bits per heavy atom. The average molecular weight is 551 g/mol. The SMILES string of the molecule is CCCCCCCCCCCCCCCCC(CCCCCCCCCC)Cc1ccccc1S(=O)(=O)O. The summed E-state index contributed by atoms with van der Waals surface area (Å²) in [5, 5.41) is 0. The van der Waals surface area contributed by atoms with Gasteiger partial charge in [0.1, 0.15) is 0 Å². The largest absolute Gasteiger partial charge is 0.294 e. The van der Waals surface area contributed by atoms with Crippen LogP contribution in [0.3, 0.4) is 0 Å². The van der Waals surface area contributed by atoms with Crippen molar-refractivity contribution in [3.63, 3.8) is 0 Å². The van der Waals surface area contributed by atoms with Gasteiger partial charge in [-0.15, -0.1) is 0 Å². The van der Waals surface area contributed by atoms with Crippen molar-refractivity contribution < 1.29 is 13.0 Å². The molecule has 38 heavy (non-hydrogen) atoms. The first-order valence-corrected chi connectivity index (χ1v) is 18.0. The van der Waals surface area contributed by atoms with Crippen LogP contribution >= 0.6 is 0 Å². The maximum Gasteiger partial charge on any atom is 0.294 e. The molecule has 0 aliphatic carbocycles. The third-order valence-corrected chi connectivity index (χ3v) is 9.15. The second kappa shape index (κ2) is 24.0. The molecule has 0 spiro atoms. The van der Waals surface area contributed by atoms with E-state index in [0.29, 0.717) is 5.92 Å². The van der Waals surface area contributed by atoms with Crippen LogP contribution in [0.2, 0.25) is 0 Å². The molecule has 0 aliphatic rings. The average Bonchev–Trinajstić information content (AvgIpc) is 2.89. The molecule has 1 aromatic rings. The van der Waals surface area contributed by atoms with E-state index in [0.717, 1.165) is 24.8 Å². The van der Waals surface area contributed by atoms with Gasteiger partial charge in [-0.2, -0.15) is 8.42 Å². The molecule has 0 aliphatic heterocycles. The van der Waals surface area contributed by atoms with Gasteiger partial charge in [-0.3, -0.25) is 4.55 Å². The molecule has 0 fully saturated rings. The summed E-state index contributed by atoms with van der Waals surface area (Å²) in [5.41, 5.74) is 0.782. The lowest BCUT2D eigenvalue weighted by atomic mass is 9.88. The Morgan fingerprint density at radius 2 is 0.895 bits per heavy atom. The van der Waals surface area contributed by atoms with Gasteiger partial charge in [-0.25, -0.2) is 0 Å². The standard InChI is InChI=1S/C34H62O3S/c1-3-5-7-9-11-13-14-15-16-17-18-20-22-24-28-32(27-23-21-19-12-10-8-6-4-2)31-33-29-25-26-30-34(33)38(35,36)37/h25-26,29-30,32H,3-24,27-28,31H2,1-2H3,(H,35,36,37). The number of unbranched alkanes of at least 4 members (excludes halogenated alkanes) is 20. The molecule has 0 heterocycles. The lowest BCUT2D eigenvalue weighted by Crippen LogP contribution is -2.10. The van der Waals surface area contributed by atoms with Crippen LogP contribution in [0.25, 0.3) is 0 Å². The van der Waals surface area contributed by atoms with Crippen LogP contribution in [0, 0.1) is 5.92 Å². The highest BCUT2D eigenvalue weighted by molar-refractivity contribution is 7.85. The Balaban J connectivity index is 2.31. The zero-order valence-corrected chi connectivity index (χ0v) is 26.1. The third kappa shape index (κ3) is 19.2. The number of benzene rings is 1. The van der Waals surface area contributed by atoms with Crippen LogP contribution in [0.1, 0.15) is 174 Å². The van der Waals surface area contributed by atoms with Crippen LogP contribution < -0.4 is 0 Å². The van der Waals surface area contributed by atoms with E-state index in [4.69, 9.17) is 0 Å². The fourth-order valence-corrected chi connectivity index (χ4v) is 6.51. The van der Waals surface area contributed by atoms with Crippen molar-refractivity contribution in [1.29, 1.82) is 0 Å². The van der Waals surface area contributed by atoms with Crippen LogP contribution in [0.5, 0.6) is 0 Å². The monoisotopic (exact) mass is 550 g/mol. The number of hydrogen-bond donors (Lipinski definition) is 1. The third-order valence-electron chi connectivity index (χ3n) is 8.19.